The molecular formula is C18H28Cl2N4O3. The molecule has 0 bridgehead atoms. The van der Waals surface area contributed by atoms with Gasteiger partial charge in [0.2, 0.25) is 5.89 Å². The van der Waals surface area contributed by atoms with Crippen molar-refractivity contribution < 1.29 is 13.6 Å². The van der Waals surface area contributed by atoms with Crippen LogP contribution in [0, 0.1) is 19.8 Å². The molecule has 7 nitrogen and oxygen atoms in total. The summed E-state index contributed by atoms with van der Waals surface area (Å²) in [6.45, 7) is 7.63. The third kappa shape index (κ3) is 6.24. The number of halogens is 2. The van der Waals surface area contributed by atoms with Crippen LogP contribution in [0.1, 0.15) is 46.3 Å². The minimum Gasteiger partial charge on any atom is -0.467 e. The van der Waals surface area contributed by atoms with Crippen LogP contribution in [0.3, 0.4) is 0 Å². The molecule has 0 unspecified atom stereocenters. The quantitative estimate of drug-likeness (QED) is 0.748. The topological polar surface area (TPSA) is 97.5 Å². The molecule has 1 amide bonds. The fourth-order valence-corrected chi connectivity index (χ4v) is 3.09. The van der Waals surface area contributed by atoms with Crippen molar-refractivity contribution in [2.24, 2.45) is 11.7 Å². The average Bonchev–Trinajstić information content (AvgIpc) is 3.21. The summed E-state index contributed by atoms with van der Waals surface area (Å²) in [5.41, 5.74) is 6.99. The van der Waals surface area contributed by atoms with E-state index in [-0.39, 0.29) is 30.7 Å². The molecule has 1 saturated heterocycles. The van der Waals surface area contributed by atoms with E-state index in [1.807, 2.05) is 13.8 Å². The lowest BCUT2D eigenvalue weighted by Crippen LogP contribution is -2.38. The van der Waals surface area contributed by atoms with Gasteiger partial charge in [-0.1, -0.05) is 0 Å². The molecule has 0 aliphatic carbocycles. The van der Waals surface area contributed by atoms with Gasteiger partial charge in [-0.3, -0.25) is 9.69 Å². The summed E-state index contributed by atoms with van der Waals surface area (Å²) in [7, 11) is 0. The molecule has 0 spiro atoms. The third-order valence-electron chi connectivity index (χ3n) is 4.81. The minimum absolute atomic E-state index is 0. The predicted octanol–water partition coefficient (Wildman–Crippen LogP) is 2.83. The zero-order valence-electron chi connectivity index (χ0n) is 15.7. The molecule has 1 fully saturated rings. The second-order valence-corrected chi connectivity index (χ2v) is 6.68. The second-order valence-electron chi connectivity index (χ2n) is 6.68. The Hall–Kier alpha value is -1.54. The number of nitrogens with zero attached hydrogens (tertiary/aromatic N) is 2. The lowest BCUT2D eigenvalue weighted by Gasteiger charge is -2.31. The van der Waals surface area contributed by atoms with E-state index in [1.165, 1.54) is 6.26 Å². The summed E-state index contributed by atoms with van der Waals surface area (Å²) in [6.07, 6.45) is 3.57. The van der Waals surface area contributed by atoms with E-state index < -0.39 is 0 Å². The first-order valence-electron chi connectivity index (χ1n) is 8.76. The Morgan fingerprint density at radius 2 is 2.04 bits per heavy atom. The number of piperidine rings is 1. The molecule has 3 N–H and O–H groups in total. The molecule has 3 heterocycles. The summed E-state index contributed by atoms with van der Waals surface area (Å²) in [6, 6.07) is 1.69. The van der Waals surface area contributed by atoms with Crippen LogP contribution in [-0.4, -0.2) is 35.4 Å². The molecule has 1 aliphatic heterocycles. The van der Waals surface area contributed by atoms with Crippen LogP contribution in [0.4, 0.5) is 0 Å². The van der Waals surface area contributed by atoms with Gasteiger partial charge in [0.05, 0.1) is 24.3 Å². The van der Waals surface area contributed by atoms with Gasteiger partial charge in [-0.15, -0.1) is 24.8 Å². The van der Waals surface area contributed by atoms with Crippen LogP contribution >= 0.6 is 24.8 Å². The highest BCUT2D eigenvalue weighted by atomic mass is 35.5. The van der Waals surface area contributed by atoms with Crippen molar-refractivity contribution in [1.82, 2.24) is 15.2 Å². The highest BCUT2D eigenvalue weighted by Crippen LogP contribution is 2.19. The number of likely N-dealkylation sites (tertiary alicyclic amines) is 1. The Morgan fingerprint density at radius 1 is 1.33 bits per heavy atom. The number of rotatable bonds is 6. The Balaban J connectivity index is 0.00000182. The number of carbonyl (C=O) groups excluding carboxylic acids is 1. The molecule has 152 valence electrons. The number of aryl methyl sites for hydroxylation is 2. The number of furan rings is 1. The average molecular weight is 419 g/mol. The highest BCUT2D eigenvalue weighted by molar-refractivity contribution is 5.93. The molecule has 0 saturated carbocycles. The number of nitrogens with one attached hydrogen (secondary N) is 1. The number of aromatic nitrogens is 1. The Morgan fingerprint density at radius 3 is 2.59 bits per heavy atom. The summed E-state index contributed by atoms with van der Waals surface area (Å²) in [5, 5.41) is 2.99. The van der Waals surface area contributed by atoms with Crippen molar-refractivity contribution in [3.63, 3.8) is 0 Å². The fourth-order valence-electron chi connectivity index (χ4n) is 3.09. The van der Waals surface area contributed by atoms with Gasteiger partial charge in [-0.2, -0.15) is 0 Å². The molecular weight excluding hydrogens is 391 g/mol. The number of nitrogens with two attached hydrogens (primary N) is 1. The van der Waals surface area contributed by atoms with E-state index in [9.17, 15) is 4.79 Å². The summed E-state index contributed by atoms with van der Waals surface area (Å²) in [4.78, 5) is 18.9. The number of hydrogen-bond donors (Lipinski definition) is 2. The first-order valence-corrected chi connectivity index (χ1v) is 8.76. The maximum absolute atomic E-state index is 12.1. The lowest BCUT2D eigenvalue weighted by molar-refractivity contribution is 0.0933. The SMILES string of the molecule is Cc1nc(CN2CCC(CNC(=O)c3coc(CN)c3)CC2)oc1C.Cl.Cl. The zero-order chi connectivity index (χ0) is 17.8. The van der Waals surface area contributed by atoms with Gasteiger partial charge in [-0.05, 0) is 51.8 Å². The first-order chi connectivity index (χ1) is 12.0. The maximum atomic E-state index is 12.1. The largest absolute Gasteiger partial charge is 0.467 e. The summed E-state index contributed by atoms with van der Waals surface area (Å²) >= 11 is 0. The van der Waals surface area contributed by atoms with Crippen LogP contribution < -0.4 is 11.1 Å². The van der Waals surface area contributed by atoms with Gasteiger partial charge in [0.15, 0.2) is 0 Å². The van der Waals surface area contributed by atoms with Gasteiger partial charge in [0.25, 0.3) is 5.91 Å². The van der Waals surface area contributed by atoms with E-state index in [0.29, 0.717) is 30.3 Å². The highest BCUT2D eigenvalue weighted by Gasteiger charge is 2.21. The number of carbonyl (C=O) groups is 1. The normalized spacial score (nSPS) is 15.1. The van der Waals surface area contributed by atoms with Crippen LogP contribution in [0.2, 0.25) is 0 Å². The smallest absolute Gasteiger partial charge is 0.254 e. The maximum Gasteiger partial charge on any atom is 0.254 e. The number of hydrogen-bond acceptors (Lipinski definition) is 6. The van der Waals surface area contributed by atoms with Crippen molar-refractivity contribution in [2.75, 3.05) is 19.6 Å². The van der Waals surface area contributed by atoms with Crippen molar-refractivity contribution in [3.8, 4) is 0 Å². The number of amides is 1. The Bertz CT molecular complexity index is 705. The monoisotopic (exact) mass is 418 g/mol. The van der Waals surface area contributed by atoms with Crippen molar-refractivity contribution >= 4 is 30.7 Å². The molecule has 9 heteroatoms. The van der Waals surface area contributed by atoms with E-state index in [4.69, 9.17) is 14.6 Å². The minimum atomic E-state index is -0.100. The van der Waals surface area contributed by atoms with Gasteiger partial charge < -0.3 is 19.9 Å². The van der Waals surface area contributed by atoms with Crippen LogP contribution in [0.5, 0.6) is 0 Å². The van der Waals surface area contributed by atoms with E-state index >= 15 is 0 Å². The number of oxazole rings is 1. The molecule has 1 aliphatic rings. The van der Waals surface area contributed by atoms with Crippen LogP contribution in [-0.2, 0) is 13.1 Å². The standard InChI is InChI=1S/C18H26N4O3.2ClH/c1-12-13(2)25-17(21-12)10-22-5-3-14(4-6-22)9-20-18(23)15-7-16(8-19)24-11-15;;/h7,11,14H,3-6,8-10,19H2,1-2H3,(H,20,23);2*1H. The molecule has 0 atom stereocenters. The predicted molar refractivity (Wildman–Crippen MR) is 107 cm³/mol. The molecule has 27 heavy (non-hydrogen) atoms. The van der Waals surface area contributed by atoms with E-state index in [0.717, 1.165) is 49.8 Å². The zero-order valence-corrected chi connectivity index (χ0v) is 17.3. The van der Waals surface area contributed by atoms with Gasteiger partial charge in [0.1, 0.15) is 17.8 Å². The molecule has 0 aromatic carbocycles. The van der Waals surface area contributed by atoms with E-state index in [2.05, 4.69) is 15.2 Å². The first kappa shape index (κ1) is 23.5. The molecule has 3 rings (SSSR count). The lowest BCUT2D eigenvalue weighted by atomic mass is 9.96. The molecule has 2 aromatic rings. The van der Waals surface area contributed by atoms with Gasteiger partial charge >= 0.3 is 0 Å². The van der Waals surface area contributed by atoms with Crippen molar-refractivity contribution in [2.45, 2.75) is 39.8 Å². The Kier molecular flexibility index (Phi) is 9.32. The van der Waals surface area contributed by atoms with E-state index in [1.54, 1.807) is 6.07 Å². The molecule has 2 aromatic heterocycles. The summed E-state index contributed by atoms with van der Waals surface area (Å²) in [5.74, 6) is 2.70. The van der Waals surface area contributed by atoms with Gasteiger partial charge in [0, 0.05) is 6.54 Å². The fraction of sp³-hybridized carbons (Fsp3) is 0.556. The third-order valence-corrected chi connectivity index (χ3v) is 4.81. The van der Waals surface area contributed by atoms with Crippen LogP contribution in [0.25, 0.3) is 0 Å². The van der Waals surface area contributed by atoms with Crippen molar-refractivity contribution in [3.05, 3.63) is 41.0 Å². The van der Waals surface area contributed by atoms with Crippen LogP contribution in [0.15, 0.2) is 21.2 Å². The van der Waals surface area contributed by atoms with Crippen molar-refractivity contribution in [1.29, 1.82) is 0 Å². The molecule has 0 radical (unpaired) electrons. The second kappa shape index (κ2) is 10.7. The summed E-state index contributed by atoms with van der Waals surface area (Å²) < 4.78 is 10.9. The van der Waals surface area contributed by atoms with Gasteiger partial charge in [-0.25, -0.2) is 4.98 Å². The Labute approximate surface area is 171 Å².